The highest BCUT2D eigenvalue weighted by Gasteiger charge is 2.25. The summed E-state index contributed by atoms with van der Waals surface area (Å²) in [7, 11) is 0. The molecule has 0 aliphatic heterocycles. The van der Waals surface area contributed by atoms with Crippen molar-refractivity contribution in [2.24, 2.45) is 17.6 Å². The first-order valence-electron chi connectivity index (χ1n) is 7.59. The molecule has 2 rings (SSSR count). The first-order valence-corrected chi connectivity index (χ1v) is 8.38. The Hall–Kier alpha value is -0.350. The van der Waals surface area contributed by atoms with Gasteiger partial charge in [-0.1, -0.05) is 19.3 Å². The molecule has 1 aromatic heterocycles. The first kappa shape index (κ1) is 15.0. The highest BCUT2D eigenvalue weighted by atomic mass is 79.9. The minimum Gasteiger partial charge on any atom is -0.330 e. The van der Waals surface area contributed by atoms with Crippen LogP contribution in [0.5, 0.6) is 0 Å². The Kier molecular flexibility index (Phi) is 5.46. The van der Waals surface area contributed by atoms with Gasteiger partial charge in [-0.15, -0.1) is 0 Å². The molecule has 2 N–H and O–H groups in total. The lowest BCUT2D eigenvalue weighted by atomic mass is 9.84. The average molecular weight is 328 g/mol. The van der Waals surface area contributed by atoms with Gasteiger partial charge in [0.1, 0.15) is 0 Å². The largest absolute Gasteiger partial charge is 0.330 e. The van der Waals surface area contributed by atoms with Gasteiger partial charge in [0.05, 0.1) is 15.9 Å². The summed E-state index contributed by atoms with van der Waals surface area (Å²) in [6.07, 6.45) is 7.83. The third-order valence-corrected chi connectivity index (χ3v) is 5.56. The number of nitrogens with zero attached hydrogens (tertiary/aromatic N) is 2. The lowest BCUT2D eigenvalue weighted by Gasteiger charge is -2.24. The zero-order valence-electron chi connectivity index (χ0n) is 12.2. The molecule has 0 aromatic carbocycles. The second kappa shape index (κ2) is 6.89. The van der Waals surface area contributed by atoms with E-state index in [4.69, 9.17) is 5.73 Å². The fraction of sp³-hybridized carbons (Fsp3) is 0.800. The lowest BCUT2D eigenvalue weighted by Crippen LogP contribution is -2.25. The van der Waals surface area contributed by atoms with E-state index in [0.29, 0.717) is 5.92 Å². The van der Waals surface area contributed by atoms with Crippen molar-refractivity contribution in [1.29, 1.82) is 0 Å². The Morgan fingerprint density at radius 2 is 1.95 bits per heavy atom. The van der Waals surface area contributed by atoms with Gasteiger partial charge >= 0.3 is 0 Å². The normalized spacial score (nSPS) is 24.4. The molecule has 0 amide bonds. The van der Waals surface area contributed by atoms with Crippen molar-refractivity contribution < 1.29 is 0 Å². The van der Waals surface area contributed by atoms with Gasteiger partial charge in [-0.25, -0.2) is 0 Å². The van der Waals surface area contributed by atoms with E-state index in [1.807, 2.05) is 0 Å². The summed E-state index contributed by atoms with van der Waals surface area (Å²) in [5.74, 6) is 1.42. The summed E-state index contributed by atoms with van der Waals surface area (Å²) in [5, 5.41) is 4.61. The molecular formula is C15H26BrN3. The minimum absolute atomic E-state index is 0.690. The Morgan fingerprint density at radius 1 is 1.26 bits per heavy atom. The molecule has 1 aliphatic rings. The van der Waals surface area contributed by atoms with Crippen LogP contribution < -0.4 is 5.73 Å². The summed E-state index contributed by atoms with van der Waals surface area (Å²) in [5.41, 5.74) is 8.47. The van der Waals surface area contributed by atoms with E-state index < -0.39 is 0 Å². The third-order valence-electron chi connectivity index (χ3n) is 4.53. The maximum absolute atomic E-state index is 6.00. The van der Waals surface area contributed by atoms with Crippen molar-refractivity contribution in [3.05, 3.63) is 15.9 Å². The molecule has 2 unspecified atom stereocenters. The van der Waals surface area contributed by atoms with Crippen molar-refractivity contribution in [2.45, 2.75) is 58.9 Å². The molecule has 0 saturated heterocycles. The van der Waals surface area contributed by atoms with E-state index >= 15 is 0 Å². The number of nitrogens with two attached hydrogens (primary N) is 1. The minimum atomic E-state index is 0.690. The molecule has 0 radical (unpaired) electrons. The Bertz CT molecular complexity index is 414. The Morgan fingerprint density at radius 3 is 2.58 bits per heavy atom. The van der Waals surface area contributed by atoms with Crippen molar-refractivity contribution >= 4 is 15.9 Å². The molecule has 1 aromatic rings. The van der Waals surface area contributed by atoms with Gasteiger partial charge < -0.3 is 5.73 Å². The maximum Gasteiger partial charge on any atom is 0.0738 e. The number of aromatic nitrogens is 2. The van der Waals surface area contributed by atoms with Crippen LogP contribution in [0.1, 0.15) is 50.4 Å². The Labute approximate surface area is 125 Å². The number of hydrogen-bond donors (Lipinski definition) is 1. The highest BCUT2D eigenvalue weighted by Crippen LogP contribution is 2.33. The van der Waals surface area contributed by atoms with Gasteiger partial charge in [0.25, 0.3) is 0 Å². The van der Waals surface area contributed by atoms with Crippen LogP contribution in [-0.4, -0.2) is 16.3 Å². The van der Waals surface area contributed by atoms with Gasteiger partial charge in [0.2, 0.25) is 0 Å². The Balaban J connectivity index is 2.18. The maximum atomic E-state index is 6.00. The van der Waals surface area contributed by atoms with Crippen LogP contribution in [0, 0.1) is 18.8 Å². The standard InChI is InChI=1S/C15H26BrN3/c1-3-19-14(15(16)11(2)18-19)9-12-7-5-4-6-8-13(12)10-17/h12-13H,3-10,17H2,1-2H3. The highest BCUT2D eigenvalue weighted by molar-refractivity contribution is 9.10. The van der Waals surface area contributed by atoms with Crippen molar-refractivity contribution in [3.8, 4) is 0 Å². The fourth-order valence-electron chi connectivity index (χ4n) is 3.35. The predicted octanol–water partition coefficient (Wildman–Crippen LogP) is 3.67. The predicted molar refractivity (Wildman–Crippen MR) is 83.2 cm³/mol. The number of rotatable bonds is 4. The molecule has 1 aliphatic carbocycles. The molecule has 2 atom stereocenters. The molecule has 0 bridgehead atoms. The molecule has 0 spiro atoms. The molecule has 1 heterocycles. The second-order valence-electron chi connectivity index (χ2n) is 5.76. The van der Waals surface area contributed by atoms with E-state index in [-0.39, 0.29) is 0 Å². The van der Waals surface area contributed by atoms with E-state index in [1.54, 1.807) is 0 Å². The van der Waals surface area contributed by atoms with Crippen LogP contribution >= 0.6 is 15.9 Å². The number of halogens is 1. The SMILES string of the molecule is CCn1nc(C)c(Br)c1CC1CCCCCC1CN. The molecule has 1 saturated carbocycles. The molecule has 4 heteroatoms. The van der Waals surface area contributed by atoms with Gasteiger partial charge in [-0.05, 0) is 67.4 Å². The molecule has 1 fully saturated rings. The zero-order chi connectivity index (χ0) is 13.8. The average Bonchev–Trinajstić information content (AvgIpc) is 2.60. The monoisotopic (exact) mass is 327 g/mol. The van der Waals surface area contributed by atoms with E-state index in [9.17, 15) is 0 Å². The quantitative estimate of drug-likeness (QED) is 0.857. The molecule has 19 heavy (non-hydrogen) atoms. The summed E-state index contributed by atoms with van der Waals surface area (Å²) in [6.45, 7) is 6.02. The van der Waals surface area contributed by atoms with Crippen molar-refractivity contribution in [2.75, 3.05) is 6.54 Å². The molecule has 3 nitrogen and oxygen atoms in total. The molecular weight excluding hydrogens is 302 g/mol. The first-order chi connectivity index (χ1) is 9.17. The van der Waals surface area contributed by atoms with Crippen molar-refractivity contribution in [3.63, 3.8) is 0 Å². The van der Waals surface area contributed by atoms with E-state index in [2.05, 4.69) is 39.6 Å². The van der Waals surface area contributed by atoms with Gasteiger partial charge in [-0.3, -0.25) is 4.68 Å². The van der Waals surface area contributed by atoms with Gasteiger partial charge in [0.15, 0.2) is 0 Å². The van der Waals surface area contributed by atoms with Gasteiger partial charge in [-0.2, -0.15) is 5.10 Å². The second-order valence-corrected chi connectivity index (χ2v) is 6.55. The number of aryl methyl sites for hydroxylation is 2. The number of hydrogen-bond acceptors (Lipinski definition) is 2. The summed E-state index contributed by atoms with van der Waals surface area (Å²) in [4.78, 5) is 0. The summed E-state index contributed by atoms with van der Waals surface area (Å²) in [6, 6.07) is 0. The van der Waals surface area contributed by atoms with Crippen LogP contribution in [0.2, 0.25) is 0 Å². The van der Waals surface area contributed by atoms with E-state index in [1.165, 1.54) is 42.3 Å². The smallest absolute Gasteiger partial charge is 0.0738 e. The lowest BCUT2D eigenvalue weighted by molar-refractivity contribution is 0.311. The summed E-state index contributed by atoms with van der Waals surface area (Å²) < 4.78 is 3.35. The fourth-order valence-corrected chi connectivity index (χ4v) is 3.80. The van der Waals surface area contributed by atoms with Crippen LogP contribution in [0.15, 0.2) is 4.47 Å². The van der Waals surface area contributed by atoms with Gasteiger partial charge in [0, 0.05) is 6.54 Å². The summed E-state index contributed by atoms with van der Waals surface area (Å²) >= 11 is 3.72. The topological polar surface area (TPSA) is 43.8 Å². The zero-order valence-corrected chi connectivity index (χ0v) is 13.7. The third kappa shape index (κ3) is 3.40. The van der Waals surface area contributed by atoms with Crippen LogP contribution in [-0.2, 0) is 13.0 Å². The molecule has 108 valence electrons. The van der Waals surface area contributed by atoms with Crippen LogP contribution in [0.3, 0.4) is 0 Å². The van der Waals surface area contributed by atoms with Crippen LogP contribution in [0.4, 0.5) is 0 Å². The van der Waals surface area contributed by atoms with Crippen LogP contribution in [0.25, 0.3) is 0 Å². The van der Waals surface area contributed by atoms with E-state index in [0.717, 1.165) is 31.1 Å². The van der Waals surface area contributed by atoms with Crippen molar-refractivity contribution in [1.82, 2.24) is 9.78 Å².